The smallest absolute Gasteiger partial charge is 0.334 e. The first-order chi connectivity index (χ1) is 9.45. The fraction of sp³-hybridized carbons (Fsp3) is 0.273. The Hall–Kier alpha value is -1.86. The summed E-state index contributed by atoms with van der Waals surface area (Å²) >= 11 is 11.8. The van der Waals surface area contributed by atoms with E-state index in [1.165, 1.54) is 16.9 Å². The summed E-state index contributed by atoms with van der Waals surface area (Å²) in [4.78, 5) is 14.6. The molecule has 2 heterocycles. The van der Waals surface area contributed by atoms with Crippen molar-refractivity contribution in [1.29, 1.82) is 0 Å². The third kappa shape index (κ3) is 2.54. The van der Waals surface area contributed by atoms with Gasteiger partial charge in [-0.3, -0.25) is 10.1 Å². The summed E-state index contributed by atoms with van der Waals surface area (Å²) in [5.41, 5.74) is 5.78. The Morgan fingerprint density at radius 2 is 2.20 bits per heavy atom. The van der Waals surface area contributed by atoms with Gasteiger partial charge in [0.1, 0.15) is 5.69 Å². The minimum atomic E-state index is -0.548. The highest BCUT2D eigenvalue weighted by Crippen LogP contribution is 2.31. The number of hydrogen-bond acceptors (Lipinski definition) is 5. The Morgan fingerprint density at radius 1 is 1.50 bits per heavy atom. The normalized spacial score (nSPS) is 10.8. The Morgan fingerprint density at radius 3 is 2.75 bits per heavy atom. The molecule has 0 fully saturated rings. The predicted octanol–water partition coefficient (Wildman–Crippen LogP) is 3.02. The van der Waals surface area contributed by atoms with E-state index < -0.39 is 4.92 Å². The molecule has 0 unspecified atom stereocenters. The van der Waals surface area contributed by atoms with E-state index in [1.54, 1.807) is 0 Å². The number of nitrogens with zero attached hydrogens (tertiary/aromatic N) is 4. The number of rotatable bonds is 4. The molecule has 106 valence electrons. The van der Waals surface area contributed by atoms with Crippen LogP contribution in [0, 0.1) is 10.1 Å². The molecule has 0 aliphatic rings. The fourth-order valence-corrected chi connectivity index (χ4v) is 2.32. The predicted molar refractivity (Wildman–Crippen MR) is 76.4 cm³/mol. The molecule has 9 heteroatoms. The molecule has 0 radical (unpaired) electrons. The van der Waals surface area contributed by atoms with Crippen molar-refractivity contribution in [2.75, 3.05) is 5.73 Å². The molecule has 0 aromatic carbocycles. The van der Waals surface area contributed by atoms with Gasteiger partial charge in [-0.25, -0.2) is 9.67 Å². The number of hydrogen-bond donors (Lipinski definition) is 1. The monoisotopic (exact) mass is 315 g/mol. The Bertz CT molecular complexity index is 671. The van der Waals surface area contributed by atoms with E-state index in [-0.39, 0.29) is 22.3 Å². The van der Waals surface area contributed by atoms with E-state index in [9.17, 15) is 10.1 Å². The summed E-state index contributed by atoms with van der Waals surface area (Å²) in [6, 6.07) is 1.49. The number of halogens is 2. The number of nitrogen functional groups attached to an aromatic ring is 1. The molecule has 0 atom stereocenters. The molecular formula is C11H11Cl2N5O2. The van der Waals surface area contributed by atoms with Crippen LogP contribution in [0.5, 0.6) is 0 Å². The largest absolute Gasteiger partial charge is 0.376 e. The van der Waals surface area contributed by atoms with E-state index in [2.05, 4.69) is 10.1 Å². The van der Waals surface area contributed by atoms with Crippen LogP contribution < -0.4 is 5.73 Å². The zero-order valence-corrected chi connectivity index (χ0v) is 12.0. The second-order valence-electron chi connectivity index (χ2n) is 4.06. The third-order valence-electron chi connectivity index (χ3n) is 2.64. The van der Waals surface area contributed by atoms with E-state index in [0.29, 0.717) is 23.6 Å². The standard InChI is InChI=1S/C11H11Cl2N5O2/c1-2-3-8-9(18(19)20)10(14)16-17(8)11-7(13)4-6(12)5-15-11/h4-5H,2-3H2,1H3,(H2,14,16). The van der Waals surface area contributed by atoms with Crippen LogP contribution >= 0.6 is 23.2 Å². The molecule has 0 saturated heterocycles. The number of anilines is 1. The highest BCUT2D eigenvalue weighted by molar-refractivity contribution is 6.35. The number of nitro groups is 1. The first-order valence-electron chi connectivity index (χ1n) is 5.78. The van der Waals surface area contributed by atoms with Crippen molar-refractivity contribution in [2.24, 2.45) is 0 Å². The van der Waals surface area contributed by atoms with Crippen molar-refractivity contribution in [3.63, 3.8) is 0 Å². The summed E-state index contributed by atoms with van der Waals surface area (Å²) < 4.78 is 1.30. The maximum atomic E-state index is 11.1. The highest BCUT2D eigenvalue weighted by Gasteiger charge is 2.27. The second kappa shape index (κ2) is 5.64. The molecule has 2 aromatic rings. The summed E-state index contributed by atoms with van der Waals surface area (Å²) in [6.07, 6.45) is 2.51. The average Bonchev–Trinajstić information content (AvgIpc) is 2.66. The molecular weight excluding hydrogens is 305 g/mol. The molecule has 2 rings (SSSR count). The maximum absolute atomic E-state index is 11.1. The van der Waals surface area contributed by atoms with Gasteiger partial charge in [0.15, 0.2) is 5.82 Å². The lowest BCUT2D eigenvalue weighted by atomic mass is 10.2. The van der Waals surface area contributed by atoms with Gasteiger partial charge >= 0.3 is 5.69 Å². The van der Waals surface area contributed by atoms with E-state index in [0.717, 1.165) is 0 Å². The van der Waals surface area contributed by atoms with Gasteiger partial charge < -0.3 is 5.73 Å². The van der Waals surface area contributed by atoms with Gasteiger partial charge in [-0.1, -0.05) is 36.5 Å². The summed E-state index contributed by atoms with van der Waals surface area (Å²) in [6.45, 7) is 1.90. The minimum absolute atomic E-state index is 0.161. The number of nitrogens with two attached hydrogens (primary N) is 1. The zero-order valence-electron chi connectivity index (χ0n) is 10.5. The minimum Gasteiger partial charge on any atom is -0.376 e. The molecule has 2 N–H and O–H groups in total. The Labute approximate surface area is 124 Å². The van der Waals surface area contributed by atoms with Gasteiger partial charge in [-0.2, -0.15) is 0 Å². The van der Waals surface area contributed by atoms with Crippen LogP contribution in [0.25, 0.3) is 5.82 Å². The maximum Gasteiger partial charge on any atom is 0.334 e. The molecule has 0 spiro atoms. The van der Waals surface area contributed by atoms with Gasteiger partial charge in [-0.05, 0) is 12.5 Å². The highest BCUT2D eigenvalue weighted by atomic mass is 35.5. The Kier molecular flexibility index (Phi) is 4.10. The van der Waals surface area contributed by atoms with Crippen LogP contribution in [0.15, 0.2) is 12.3 Å². The van der Waals surface area contributed by atoms with E-state index in [1.807, 2.05) is 6.92 Å². The van der Waals surface area contributed by atoms with Crippen molar-refractivity contribution in [3.8, 4) is 5.82 Å². The zero-order chi connectivity index (χ0) is 14.9. The van der Waals surface area contributed by atoms with Crippen molar-refractivity contribution in [2.45, 2.75) is 19.8 Å². The molecule has 20 heavy (non-hydrogen) atoms. The summed E-state index contributed by atoms with van der Waals surface area (Å²) in [7, 11) is 0. The fourth-order valence-electron chi connectivity index (χ4n) is 1.86. The molecule has 0 saturated carbocycles. The van der Waals surface area contributed by atoms with E-state index in [4.69, 9.17) is 28.9 Å². The average molecular weight is 316 g/mol. The van der Waals surface area contributed by atoms with Gasteiger partial charge in [0, 0.05) is 6.20 Å². The third-order valence-corrected chi connectivity index (χ3v) is 3.12. The summed E-state index contributed by atoms with van der Waals surface area (Å²) in [5.74, 6) is 0.102. The van der Waals surface area contributed by atoms with Crippen LogP contribution in [-0.2, 0) is 6.42 Å². The lowest BCUT2D eigenvalue weighted by Crippen LogP contribution is -2.06. The number of aromatic nitrogens is 3. The summed E-state index contributed by atoms with van der Waals surface area (Å²) in [5, 5.41) is 15.7. The Balaban J connectivity index is 2.67. The van der Waals surface area contributed by atoms with Crippen molar-refractivity contribution < 1.29 is 4.92 Å². The number of pyridine rings is 1. The quantitative estimate of drug-likeness (QED) is 0.690. The van der Waals surface area contributed by atoms with Gasteiger partial charge in [0.05, 0.1) is 15.0 Å². The lowest BCUT2D eigenvalue weighted by molar-refractivity contribution is -0.384. The van der Waals surface area contributed by atoms with Crippen molar-refractivity contribution >= 4 is 34.7 Å². The second-order valence-corrected chi connectivity index (χ2v) is 4.90. The molecule has 0 aliphatic heterocycles. The van der Waals surface area contributed by atoms with Crippen LogP contribution in [0.1, 0.15) is 19.0 Å². The first kappa shape index (κ1) is 14.5. The van der Waals surface area contributed by atoms with E-state index >= 15 is 0 Å². The molecule has 0 aliphatic carbocycles. The first-order valence-corrected chi connectivity index (χ1v) is 6.54. The molecule has 0 amide bonds. The lowest BCUT2D eigenvalue weighted by Gasteiger charge is -2.06. The van der Waals surface area contributed by atoms with Crippen molar-refractivity contribution in [3.05, 3.63) is 38.1 Å². The molecule has 2 aromatic heterocycles. The van der Waals surface area contributed by atoms with Gasteiger partial charge in [-0.15, -0.1) is 5.10 Å². The van der Waals surface area contributed by atoms with Crippen LogP contribution in [0.2, 0.25) is 10.0 Å². The molecule has 7 nitrogen and oxygen atoms in total. The van der Waals surface area contributed by atoms with Gasteiger partial charge in [0.25, 0.3) is 0 Å². The van der Waals surface area contributed by atoms with Crippen LogP contribution in [0.3, 0.4) is 0 Å². The van der Waals surface area contributed by atoms with Crippen LogP contribution in [-0.4, -0.2) is 19.7 Å². The topological polar surface area (TPSA) is 99.9 Å². The SMILES string of the molecule is CCCc1c([N+](=O)[O-])c(N)nn1-c1ncc(Cl)cc1Cl. The van der Waals surface area contributed by atoms with Crippen LogP contribution in [0.4, 0.5) is 11.5 Å². The van der Waals surface area contributed by atoms with Gasteiger partial charge in [0.2, 0.25) is 5.82 Å². The molecule has 0 bridgehead atoms. The van der Waals surface area contributed by atoms with Crippen molar-refractivity contribution in [1.82, 2.24) is 14.8 Å².